The Labute approximate surface area is 69.4 Å². The van der Waals surface area contributed by atoms with Gasteiger partial charge in [-0.25, -0.2) is 4.99 Å². The fourth-order valence-corrected chi connectivity index (χ4v) is 0.510. The second kappa shape index (κ2) is 5.96. The Morgan fingerprint density at radius 3 is 2.64 bits per heavy atom. The Hall–Kier alpha value is -0.790. The molecule has 2 heteroatoms. The number of aliphatic imine (C=N–C) groups is 1. The third-order valence-electron chi connectivity index (χ3n) is 1.30. The van der Waals surface area contributed by atoms with Crippen LogP contribution in [0.5, 0.6) is 0 Å². The van der Waals surface area contributed by atoms with Crippen LogP contribution in [0.3, 0.4) is 0 Å². The van der Waals surface area contributed by atoms with Crippen molar-refractivity contribution in [1.82, 2.24) is 5.32 Å². The molecule has 0 aliphatic carbocycles. The van der Waals surface area contributed by atoms with Crippen molar-refractivity contribution in [3.63, 3.8) is 0 Å². The Bertz CT molecular complexity index is 146. The molecule has 0 atom stereocenters. The summed E-state index contributed by atoms with van der Waals surface area (Å²) in [4.78, 5) is 4.14. The molecule has 0 saturated carbocycles. The van der Waals surface area contributed by atoms with Gasteiger partial charge in [-0.05, 0) is 19.8 Å². The second-order valence-corrected chi connectivity index (χ2v) is 2.99. The lowest BCUT2D eigenvalue weighted by Crippen LogP contribution is -2.17. The first-order chi connectivity index (χ1) is 5.16. The fourth-order valence-electron chi connectivity index (χ4n) is 0.510. The Morgan fingerprint density at radius 1 is 1.55 bits per heavy atom. The zero-order valence-electron chi connectivity index (χ0n) is 7.89. The van der Waals surface area contributed by atoms with Gasteiger partial charge in [0, 0.05) is 12.2 Å². The van der Waals surface area contributed by atoms with Crippen molar-refractivity contribution in [3.05, 3.63) is 11.8 Å². The maximum atomic E-state index is 4.14. The molecule has 0 fully saturated rings. The summed E-state index contributed by atoms with van der Waals surface area (Å²) >= 11 is 0. The highest BCUT2D eigenvalue weighted by Crippen LogP contribution is 1.90. The van der Waals surface area contributed by atoms with Gasteiger partial charge in [0.05, 0.1) is 6.34 Å². The number of nitrogens with one attached hydrogen (secondary N) is 1. The third kappa shape index (κ3) is 7.10. The normalized spacial score (nSPS) is 13.0. The van der Waals surface area contributed by atoms with Crippen LogP contribution in [-0.4, -0.2) is 12.9 Å². The molecule has 0 spiro atoms. The van der Waals surface area contributed by atoms with Gasteiger partial charge in [0.25, 0.3) is 0 Å². The van der Waals surface area contributed by atoms with E-state index in [1.807, 2.05) is 19.9 Å². The van der Waals surface area contributed by atoms with Crippen molar-refractivity contribution in [2.45, 2.75) is 27.7 Å². The van der Waals surface area contributed by atoms with Crippen molar-refractivity contribution in [1.29, 1.82) is 0 Å². The van der Waals surface area contributed by atoms with E-state index in [9.17, 15) is 0 Å². The molecule has 0 aromatic carbocycles. The third-order valence-corrected chi connectivity index (χ3v) is 1.30. The minimum Gasteiger partial charge on any atom is -0.376 e. The van der Waals surface area contributed by atoms with Gasteiger partial charge >= 0.3 is 0 Å². The molecule has 0 bridgehead atoms. The summed E-state index contributed by atoms with van der Waals surface area (Å²) in [5.74, 6) is 0.673. The number of hydrogen-bond acceptors (Lipinski definition) is 1. The highest BCUT2D eigenvalue weighted by atomic mass is 14.9. The van der Waals surface area contributed by atoms with Crippen LogP contribution in [0.25, 0.3) is 0 Å². The first-order valence-corrected chi connectivity index (χ1v) is 4.05. The van der Waals surface area contributed by atoms with E-state index in [0.29, 0.717) is 5.92 Å². The average molecular weight is 154 g/mol. The number of hydrogen-bond donors (Lipinski definition) is 1. The maximum absolute atomic E-state index is 4.14. The first kappa shape index (κ1) is 10.2. The molecule has 1 N–H and O–H groups in total. The van der Waals surface area contributed by atoms with E-state index >= 15 is 0 Å². The van der Waals surface area contributed by atoms with Gasteiger partial charge in [0.1, 0.15) is 0 Å². The van der Waals surface area contributed by atoms with Gasteiger partial charge < -0.3 is 5.32 Å². The molecule has 11 heavy (non-hydrogen) atoms. The van der Waals surface area contributed by atoms with Gasteiger partial charge in [0.15, 0.2) is 0 Å². The second-order valence-electron chi connectivity index (χ2n) is 2.99. The zero-order valence-corrected chi connectivity index (χ0v) is 7.89. The molecule has 0 rings (SSSR count). The summed E-state index contributed by atoms with van der Waals surface area (Å²) in [6.07, 6.45) is 3.74. The standard InChI is InChI=1S/C9H18N2/c1-5-9(4)11-7-10-6-8(2)3/h5,7-8H,6H2,1-4H3,(H,10,11)/b9-5-. The Morgan fingerprint density at radius 2 is 2.18 bits per heavy atom. The summed E-state index contributed by atoms with van der Waals surface area (Å²) in [5.41, 5.74) is 1.04. The van der Waals surface area contributed by atoms with Gasteiger partial charge in [-0.15, -0.1) is 0 Å². The Balaban J connectivity index is 3.45. The summed E-state index contributed by atoms with van der Waals surface area (Å²) in [6, 6.07) is 0. The summed E-state index contributed by atoms with van der Waals surface area (Å²) in [5, 5.41) is 3.12. The van der Waals surface area contributed by atoms with Crippen molar-refractivity contribution in [2.75, 3.05) is 6.54 Å². The molecule has 0 aromatic heterocycles. The summed E-state index contributed by atoms with van der Waals surface area (Å²) in [7, 11) is 0. The van der Waals surface area contributed by atoms with Crippen LogP contribution in [0.15, 0.2) is 16.8 Å². The molecule has 0 aliphatic heterocycles. The van der Waals surface area contributed by atoms with Gasteiger partial charge in [-0.3, -0.25) is 0 Å². The molecular weight excluding hydrogens is 136 g/mol. The fraction of sp³-hybridized carbons (Fsp3) is 0.667. The van der Waals surface area contributed by atoms with E-state index in [1.54, 1.807) is 6.34 Å². The van der Waals surface area contributed by atoms with Crippen LogP contribution in [0, 0.1) is 5.92 Å². The number of nitrogens with zero attached hydrogens (tertiary/aromatic N) is 1. The summed E-state index contributed by atoms with van der Waals surface area (Å²) in [6.45, 7) is 9.29. The molecule has 0 radical (unpaired) electrons. The van der Waals surface area contributed by atoms with Crippen LogP contribution in [0.4, 0.5) is 0 Å². The van der Waals surface area contributed by atoms with Crippen molar-refractivity contribution >= 4 is 6.34 Å². The predicted molar refractivity (Wildman–Crippen MR) is 50.8 cm³/mol. The highest BCUT2D eigenvalue weighted by Gasteiger charge is 1.87. The molecule has 0 heterocycles. The minimum atomic E-state index is 0.673. The van der Waals surface area contributed by atoms with Crippen LogP contribution in [-0.2, 0) is 0 Å². The average Bonchev–Trinajstić information content (AvgIpc) is 1.97. The van der Waals surface area contributed by atoms with Gasteiger partial charge in [-0.1, -0.05) is 19.9 Å². The van der Waals surface area contributed by atoms with Crippen molar-refractivity contribution < 1.29 is 0 Å². The van der Waals surface area contributed by atoms with E-state index in [0.717, 1.165) is 12.2 Å². The van der Waals surface area contributed by atoms with E-state index in [2.05, 4.69) is 24.2 Å². The predicted octanol–water partition coefficient (Wildman–Crippen LogP) is 2.18. The molecular formula is C9H18N2. The quantitative estimate of drug-likeness (QED) is 0.487. The van der Waals surface area contributed by atoms with E-state index in [4.69, 9.17) is 0 Å². The molecule has 64 valence electrons. The monoisotopic (exact) mass is 154 g/mol. The largest absolute Gasteiger partial charge is 0.376 e. The van der Waals surface area contributed by atoms with E-state index in [1.165, 1.54) is 0 Å². The van der Waals surface area contributed by atoms with Crippen molar-refractivity contribution in [3.8, 4) is 0 Å². The van der Waals surface area contributed by atoms with Gasteiger partial charge in [-0.2, -0.15) is 0 Å². The van der Waals surface area contributed by atoms with Gasteiger partial charge in [0.2, 0.25) is 0 Å². The lowest BCUT2D eigenvalue weighted by molar-refractivity contribution is 0.629. The molecule has 0 unspecified atom stereocenters. The zero-order chi connectivity index (χ0) is 8.69. The Kier molecular flexibility index (Phi) is 5.53. The topological polar surface area (TPSA) is 24.4 Å². The lowest BCUT2D eigenvalue weighted by atomic mass is 10.2. The van der Waals surface area contributed by atoms with Crippen molar-refractivity contribution in [2.24, 2.45) is 10.9 Å². The van der Waals surface area contributed by atoms with Crippen LogP contribution >= 0.6 is 0 Å². The molecule has 0 aromatic rings. The van der Waals surface area contributed by atoms with Crippen LogP contribution in [0.1, 0.15) is 27.7 Å². The lowest BCUT2D eigenvalue weighted by Gasteiger charge is -2.02. The molecule has 0 saturated heterocycles. The highest BCUT2D eigenvalue weighted by molar-refractivity contribution is 5.55. The smallest absolute Gasteiger partial charge is 0.0882 e. The van der Waals surface area contributed by atoms with E-state index < -0.39 is 0 Å². The number of allylic oxidation sites excluding steroid dienone is 2. The SMILES string of the molecule is C/C=C(C)\N=C/NCC(C)C. The minimum absolute atomic E-state index is 0.673. The molecule has 0 aliphatic rings. The summed E-state index contributed by atoms with van der Waals surface area (Å²) < 4.78 is 0. The van der Waals surface area contributed by atoms with Crippen LogP contribution in [0.2, 0.25) is 0 Å². The first-order valence-electron chi connectivity index (χ1n) is 4.05. The van der Waals surface area contributed by atoms with Crippen LogP contribution < -0.4 is 5.32 Å². The van der Waals surface area contributed by atoms with E-state index in [-0.39, 0.29) is 0 Å². The maximum Gasteiger partial charge on any atom is 0.0882 e. The number of rotatable bonds is 4. The molecule has 2 nitrogen and oxygen atoms in total. The molecule has 0 amide bonds.